The summed E-state index contributed by atoms with van der Waals surface area (Å²) in [5.74, 6) is -1.99. The molecular weight excluding hydrogens is 414 g/mol. The molecule has 0 spiro atoms. The van der Waals surface area contributed by atoms with Crippen LogP contribution in [0.5, 0.6) is 0 Å². The molecule has 5 nitrogen and oxygen atoms in total. The van der Waals surface area contributed by atoms with E-state index >= 15 is 0 Å². The van der Waals surface area contributed by atoms with Crippen molar-refractivity contribution < 1.29 is 13.6 Å². The third kappa shape index (κ3) is 5.36. The first kappa shape index (κ1) is 21.3. The van der Waals surface area contributed by atoms with Gasteiger partial charge in [-0.2, -0.15) is 8.78 Å². The quantitative estimate of drug-likeness (QED) is 0.486. The molecule has 0 atom stereocenters. The molecule has 0 aliphatic rings. The van der Waals surface area contributed by atoms with Crippen LogP contribution in [0.2, 0.25) is 0 Å². The molecule has 0 fully saturated rings. The summed E-state index contributed by atoms with van der Waals surface area (Å²) in [5.41, 5.74) is 2.47. The minimum atomic E-state index is -2.55. The second kappa shape index (κ2) is 9.89. The molecule has 0 aliphatic heterocycles. The number of aromatic nitrogens is 3. The highest BCUT2D eigenvalue weighted by molar-refractivity contribution is 8.00. The van der Waals surface area contributed by atoms with Gasteiger partial charge in [-0.15, -0.1) is 10.2 Å². The molecule has 0 aliphatic carbocycles. The largest absolute Gasteiger partial charge is 0.324 e. The third-order valence-electron chi connectivity index (χ3n) is 4.13. The third-order valence-corrected chi connectivity index (χ3v) is 5.88. The number of anilines is 1. The molecule has 29 heavy (non-hydrogen) atoms. The predicted octanol–water partition coefficient (Wildman–Crippen LogP) is 5.32. The molecule has 2 aromatic carbocycles. The first-order valence-electron chi connectivity index (χ1n) is 8.95. The summed E-state index contributed by atoms with van der Waals surface area (Å²) in [6, 6.07) is 14.4. The summed E-state index contributed by atoms with van der Waals surface area (Å²) in [6.07, 6.45) is 0. The van der Waals surface area contributed by atoms with Crippen molar-refractivity contribution in [2.45, 2.75) is 36.2 Å². The molecular formula is C20H20F2N4OS2. The number of carbonyl (C=O) groups excluding carboxylic acids is 1. The maximum Gasteiger partial charge on any atom is 0.288 e. The number of rotatable bonds is 8. The Bertz CT molecular complexity index is 994. The van der Waals surface area contributed by atoms with Crippen LogP contribution in [-0.4, -0.2) is 32.2 Å². The Morgan fingerprint density at radius 1 is 1.14 bits per heavy atom. The standard InChI is InChI=1S/C20H20F2N4OS2/c1-3-26-18(14-9-5-4-8-13(14)2)24-25-20(26)28-12-17(27)23-15-10-6-7-11-16(15)29-19(21)22/h4-11,19H,3,12H2,1-2H3,(H,23,27). The van der Waals surface area contributed by atoms with Gasteiger partial charge in [0, 0.05) is 17.0 Å². The number of nitrogens with zero attached hydrogens (tertiary/aromatic N) is 3. The first-order chi connectivity index (χ1) is 14.0. The number of aryl methyl sites for hydroxylation is 1. The summed E-state index contributed by atoms with van der Waals surface area (Å²) in [6.45, 7) is 4.67. The lowest BCUT2D eigenvalue weighted by Gasteiger charge is -2.11. The van der Waals surface area contributed by atoms with Crippen LogP contribution in [0, 0.1) is 6.92 Å². The zero-order valence-corrected chi connectivity index (χ0v) is 17.6. The number of hydrogen-bond acceptors (Lipinski definition) is 5. The van der Waals surface area contributed by atoms with Crippen LogP contribution in [0.25, 0.3) is 11.4 Å². The van der Waals surface area contributed by atoms with Crippen molar-refractivity contribution in [2.24, 2.45) is 0 Å². The first-order valence-corrected chi connectivity index (χ1v) is 10.8. The lowest BCUT2D eigenvalue weighted by molar-refractivity contribution is -0.113. The van der Waals surface area contributed by atoms with Crippen LogP contribution in [-0.2, 0) is 11.3 Å². The van der Waals surface area contributed by atoms with E-state index in [2.05, 4.69) is 15.5 Å². The number of amides is 1. The zero-order chi connectivity index (χ0) is 20.8. The second-order valence-electron chi connectivity index (χ2n) is 6.08. The van der Waals surface area contributed by atoms with E-state index in [4.69, 9.17) is 0 Å². The number of benzene rings is 2. The van der Waals surface area contributed by atoms with Crippen LogP contribution in [0.15, 0.2) is 58.6 Å². The topological polar surface area (TPSA) is 59.8 Å². The van der Waals surface area contributed by atoms with Gasteiger partial charge in [-0.05, 0) is 31.5 Å². The lowest BCUT2D eigenvalue weighted by Crippen LogP contribution is -2.15. The van der Waals surface area contributed by atoms with E-state index in [1.807, 2.05) is 42.7 Å². The van der Waals surface area contributed by atoms with Gasteiger partial charge in [-0.1, -0.05) is 59.9 Å². The van der Waals surface area contributed by atoms with Crippen LogP contribution in [0.3, 0.4) is 0 Å². The van der Waals surface area contributed by atoms with Crippen LogP contribution in [0.1, 0.15) is 12.5 Å². The lowest BCUT2D eigenvalue weighted by atomic mass is 10.1. The summed E-state index contributed by atoms with van der Waals surface area (Å²) in [4.78, 5) is 12.7. The van der Waals surface area contributed by atoms with E-state index < -0.39 is 5.76 Å². The Labute approximate surface area is 176 Å². The fourth-order valence-corrected chi connectivity index (χ4v) is 4.19. The molecule has 9 heteroatoms. The van der Waals surface area contributed by atoms with E-state index in [9.17, 15) is 13.6 Å². The number of para-hydroxylation sites is 1. The van der Waals surface area contributed by atoms with Crippen molar-refractivity contribution >= 4 is 35.1 Å². The molecule has 1 heterocycles. The predicted molar refractivity (Wildman–Crippen MR) is 114 cm³/mol. The van der Waals surface area contributed by atoms with Crippen molar-refractivity contribution in [3.63, 3.8) is 0 Å². The van der Waals surface area contributed by atoms with Gasteiger partial charge < -0.3 is 9.88 Å². The van der Waals surface area contributed by atoms with Crippen molar-refractivity contribution in [1.82, 2.24) is 14.8 Å². The van der Waals surface area contributed by atoms with E-state index in [-0.39, 0.29) is 11.7 Å². The zero-order valence-electron chi connectivity index (χ0n) is 15.9. The Hall–Kier alpha value is -2.39. The average molecular weight is 435 g/mol. The van der Waals surface area contributed by atoms with Gasteiger partial charge in [0.15, 0.2) is 11.0 Å². The van der Waals surface area contributed by atoms with Crippen molar-refractivity contribution in [3.05, 3.63) is 54.1 Å². The molecule has 3 aromatic rings. The van der Waals surface area contributed by atoms with Crippen LogP contribution < -0.4 is 5.32 Å². The highest BCUT2D eigenvalue weighted by atomic mass is 32.2. The van der Waals surface area contributed by atoms with Crippen LogP contribution >= 0.6 is 23.5 Å². The Morgan fingerprint density at radius 3 is 2.59 bits per heavy atom. The fourth-order valence-electron chi connectivity index (χ4n) is 2.79. The number of carbonyl (C=O) groups is 1. The normalized spacial score (nSPS) is 11.1. The molecule has 1 aromatic heterocycles. The summed E-state index contributed by atoms with van der Waals surface area (Å²) >= 11 is 1.67. The van der Waals surface area contributed by atoms with Gasteiger partial charge in [0.1, 0.15) is 0 Å². The number of hydrogen-bond donors (Lipinski definition) is 1. The van der Waals surface area contributed by atoms with Gasteiger partial charge in [0.2, 0.25) is 5.91 Å². The summed E-state index contributed by atoms with van der Waals surface area (Å²) in [7, 11) is 0. The number of nitrogens with one attached hydrogen (secondary N) is 1. The molecule has 0 radical (unpaired) electrons. The Kier molecular flexibility index (Phi) is 7.27. The van der Waals surface area contributed by atoms with Gasteiger partial charge in [0.05, 0.1) is 11.4 Å². The van der Waals surface area contributed by atoms with Gasteiger partial charge >= 0.3 is 0 Å². The maximum atomic E-state index is 12.7. The molecule has 0 bridgehead atoms. The van der Waals surface area contributed by atoms with Gasteiger partial charge in [-0.25, -0.2) is 0 Å². The van der Waals surface area contributed by atoms with E-state index in [1.165, 1.54) is 11.8 Å². The van der Waals surface area contributed by atoms with Gasteiger partial charge in [-0.3, -0.25) is 4.79 Å². The fraction of sp³-hybridized carbons (Fsp3) is 0.250. The van der Waals surface area contributed by atoms with Crippen molar-refractivity contribution in [2.75, 3.05) is 11.1 Å². The van der Waals surface area contributed by atoms with E-state index in [0.29, 0.717) is 34.0 Å². The highest BCUT2D eigenvalue weighted by Gasteiger charge is 2.17. The minimum Gasteiger partial charge on any atom is -0.324 e. The summed E-state index contributed by atoms with van der Waals surface area (Å²) in [5, 5.41) is 11.9. The summed E-state index contributed by atoms with van der Waals surface area (Å²) < 4.78 is 27.3. The van der Waals surface area contributed by atoms with Crippen molar-refractivity contribution in [1.29, 1.82) is 0 Å². The average Bonchev–Trinajstić information content (AvgIpc) is 3.10. The van der Waals surface area contributed by atoms with Crippen LogP contribution in [0.4, 0.5) is 14.5 Å². The molecule has 0 saturated carbocycles. The molecule has 0 unspecified atom stereocenters. The number of alkyl halides is 2. The molecule has 152 valence electrons. The number of thioether (sulfide) groups is 2. The SMILES string of the molecule is CCn1c(SCC(=O)Nc2ccccc2SC(F)F)nnc1-c1ccccc1C. The Morgan fingerprint density at radius 2 is 1.86 bits per heavy atom. The highest BCUT2D eigenvalue weighted by Crippen LogP contribution is 2.32. The molecule has 3 rings (SSSR count). The van der Waals surface area contributed by atoms with Crippen molar-refractivity contribution in [3.8, 4) is 11.4 Å². The number of halogens is 2. The second-order valence-corrected chi connectivity index (χ2v) is 8.05. The van der Waals surface area contributed by atoms with E-state index in [0.717, 1.165) is 17.0 Å². The molecule has 1 amide bonds. The minimum absolute atomic E-state index is 0.0968. The molecule has 0 saturated heterocycles. The smallest absolute Gasteiger partial charge is 0.288 e. The maximum absolute atomic E-state index is 12.7. The van der Waals surface area contributed by atoms with Gasteiger partial charge in [0.25, 0.3) is 5.76 Å². The Balaban J connectivity index is 1.70. The van der Waals surface area contributed by atoms with E-state index in [1.54, 1.807) is 24.3 Å². The monoisotopic (exact) mass is 434 g/mol. The molecule has 1 N–H and O–H groups in total.